The van der Waals surface area contributed by atoms with Crippen LogP contribution in [0, 0.1) is 0 Å². The van der Waals surface area contributed by atoms with Crippen molar-refractivity contribution < 1.29 is 17.1 Å². The van der Waals surface area contributed by atoms with Crippen molar-refractivity contribution in [3.8, 4) is 0 Å². The molecule has 0 aromatic carbocycles. The van der Waals surface area contributed by atoms with Crippen LogP contribution >= 0.6 is 0 Å². The topological polar surface area (TPSA) is 0 Å². The second-order valence-electron chi connectivity index (χ2n) is 2.67. The van der Waals surface area contributed by atoms with Gasteiger partial charge in [-0.3, -0.25) is 0 Å². The zero-order valence-electron chi connectivity index (χ0n) is 7.59. The summed E-state index contributed by atoms with van der Waals surface area (Å²) in [6, 6.07) is 0. The molecule has 0 bridgehead atoms. The van der Waals surface area contributed by atoms with Gasteiger partial charge in [-0.15, -0.1) is 0 Å². The molecule has 0 nitrogen and oxygen atoms in total. The normalized spacial score (nSPS) is 15.8. The van der Waals surface area contributed by atoms with Crippen molar-refractivity contribution in [2.24, 2.45) is 0 Å². The van der Waals surface area contributed by atoms with Crippen LogP contribution in [0.2, 0.25) is 0 Å². The second kappa shape index (κ2) is 7.85. The SMILES string of the molecule is C1=CCC=C1.C=CC1=CC=CC1.[Fe]. The molecule has 0 aromatic heterocycles. The van der Waals surface area contributed by atoms with Crippen LogP contribution in [0.25, 0.3) is 0 Å². The van der Waals surface area contributed by atoms with E-state index in [4.69, 9.17) is 0 Å². The molecule has 2 rings (SSSR count). The Morgan fingerprint density at radius 2 is 1.77 bits per heavy atom. The van der Waals surface area contributed by atoms with E-state index < -0.39 is 0 Å². The largest absolute Gasteiger partial charge is 0.0988 e. The quantitative estimate of drug-likeness (QED) is 0.585. The van der Waals surface area contributed by atoms with E-state index in [1.54, 1.807) is 0 Å². The summed E-state index contributed by atoms with van der Waals surface area (Å²) in [6.45, 7) is 3.63. The van der Waals surface area contributed by atoms with Gasteiger partial charge in [0, 0.05) is 17.1 Å². The predicted octanol–water partition coefficient (Wildman–Crippen LogP) is 3.56. The summed E-state index contributed by atoms with van der Waals surface area (Å²) in [5.74, 6) is 0. The minimum atomic E-state index is 0. The van der Waals surface area contributed by atoms with Crippen LogP contribution in [0.3, 0.4) is 0 Å². The molecule has 0 fully saturated rings. The van der Waals surface area contributed by atoms with Crippen LogP contribution in [0.1, 0.15) is 12.8 Å². The van der Waals surface area contributed by atoms with Crippen molar-refractivity contribution in [1.29, 1.82) is 0 Å². The maximum absolute atomic E-state index is 3.63. The van der Waals surface area contributed by atoms with Gasteiger partial charge in [0.2, 0.25) is 0 Å². The van der Waals surface area contributed by atoms with Crippen LogP contribution in [-0.2, 0) is 17.1 Å². The first kappa shape index (κ1) is 12.2. The monoisotopic (exact) mass is 214 g/mol. The Hall–Kier alpha value is -0.781. The summed E-state index contributed by atoms with van der Waals surface area (Å²) in [6.07, 6.45) is 18.7. The van der Waals surface area contributed by atoms with Gasteiger partial charge in [-0.05, 0) is 18.4 Å². The van der Waals surface area contributed by atoms with E-state index in [0.717, 1.165) is 12.8 Å². The van der Waals surface area contributed by atoms with Crippen molar-refractivity contribution in [3.63, 3.8) is 0 Å². The molecule has 2 aliphatic rings. The molecule has 13 heavy (non-hydrogen) atoms. The zero-order chi connectivity index (χ0) is 8.65. The summed E-state index contributed by atoms with van der Waals surface area (Å²) in [5, 5.41) is 0. The Morgan fingerprint density at radius 1 is 1.08 bits per heavy atom. The molecule has 0 atom stereocenters. The number of hydrogen-bond donors (Lipinski definition) is 0. The first-order valence-corrected chi connectivity index (χ1v) is 4.23. The van der Waals surface area contributed by atoms with Crippen molar-refractivity contribution >= 4 is 0 Å². The van der Waals surface area contributed by atoms with Crippen molar-refractivity contribution in [3.05, 3.63) is 60.8 Å². The Balaban J connectivity index is 0.000000215. The number of rotatable bonds is 1. The molecule has 0 saturated heterocycles. The number of hydrogen-bond acceptors (Lipinski definition) is 0. The van der Waals surface area contributed by atoms with E-state index >= 15 is 0 Å². The molecule has 0 spiro atoms. The van der Waals surface area contributed by atoms with E-state index in [0.29, 0.717) is 0 Å². The number of allylic oxidation sites excluding steroid dienone is 9. The summed E-state index contributed by atoms with van der Waals surface area (Å²) in [7, 11) is 0. The van der Waals surface area contributed by atoms with Crippen LogP contribution in [0.4, 0.5) is 0 Å². The summed E-state index contributed by atoms with van der Waals surface area (Å²) < 4.78 is 0. The molecular weight excluding hydrogens is 200 g/mol. The molecule has 0 heterocycles. The van der Waals surface area contributed by atoms with Gasteiger partial charge >= 0.3 is 0 Å². The average Bonchev–Trinajstić information content (AvgIpc) is 2.81. The Bertz CT molecular complexity index is 244. The molecule has 0 N–H and O–H groups in total. The molecule has 0 unspecified atom stereocenters. The molecule has 0 aromatic rings. The van der Waals surface area contributed by atoms with Gasteiger partial charge in [-0.1, -0.05) is 55.2 Å². The summed E-state index contributed by atoms with van der Waals surface area (Å²) >= 11 is 0. The second-order valence-corrected chi connectivity index (χ2v) is 2.67. The van der Waals surface area contributed by atoms with Gasteiger partial charge < -0.3 is 0 Å². The van der Waals surface area contributed by atoms with Gasteiger partial charge in [-0.25, -0.2) is 0 Å². The molecule has 2 aliphatic carbocycles. The maximum Gasteiger partial charge on any atom is 0 e. The van der Waals surface area contributed by atoms with Gasteiger partial charge in [0.15, 0.2) is 0 Å². The third-order valence-corrected chi connectivity index (χ3v) is 1.72. The Morgan fingerprint density at radius 3 is 2.00 bits per heavy atom. The van der Waals surface area contributed by atoms with Crippen LogP contribution in [-0.4, -0.2) is 0 Å². The zero-order valence-corrected chi connectivity index (χ0v) is 8.70. The third-order valence-electron chi connectivity index (χ3n) is 1.72. The molecule has 0 radical (unpaired) electrons. The summed E-state index contributed by atoms with van der Waals surface area (Å²) in [5.41, 5.74) is 1.32. The fraction of sp³-hybridized carbons (Fsp3) is 0.167. The predicted molar refractivity (Wildman–Crippen MR) is 54.9 cm³/mol. The fourth-order valence-electron chi connectivity index (χ4n) is 1.01. The molecule has 0 amide bonds. The Kier molecular flexibility index (Phi) is 7.38. The van der Waals surface area contributed by atoms with E-state index in [1.165, 1.54) is 5.57 Å². The molecule has 0 aliphatic heterocycles. The smallest absolute Gasteiger partial charge is 0 e. The minimum Gasteiger partial charge on any atom is -0.0988 e. The molecule has 70 valence electrons. The van der Waals surface area contributed by atoms with E-state index in [-0.39, 0.29) is 17.1 Å². The molecule has 0 saturated carbocycles. The third kappa shape index (κ3) is 5.46. The van der Waals surface area contributed by atoms with Crippen LogP contribution in [0.15, 0.2) is 60.8 Å². The van der Waals surface area contributed by atoms with Crippen molar-refractivity contribution in [2.75, 3.05) is 0 Å². The average molecular weight is 214 g/mol. The minimum absolute atomic E-state index is 0. The van der Waals surface area contributed by atoms with Gasteiger partial charge in [0.05, 0.1) is 0 Å². The maximum atomic E-state index is 3.63. The Labute approximate surface area is 90.9 Å². The standard InChI is InChI=1S/C7H8.C5H6.Fe/c1-2-7-5-3-4-6-7;1-2-4-5-3-1;/h2-5H,1,6H2;1-4H,5H2;. The van der Waals surface area contributed by atoms with Gasteiger partial charge in [0.1, 0.15) is 0 Å². The summed E-state index contributed by atoms with van der Waals surface area (Å²) in [4.78, 5) is 0. The van der Waals surface area contributed by atoms with E-state index in [1.807, 2.05) is 6.08 Å². The van der Waals surface area contributed by atoms with Gasteiger partial charge in [0.25, 0.3) is 0 Å². The van der Waals surface area contributed by atoms with Crippen molar-refractivity contribution in [1.82, 2.24) is 0 Å². The van der Waals surface area contributed by atoms with Gasteiger partial charge in [-0.2, -0.15) is 0 Å². The molecular formula is C12H14Fe. The van der Waals surface area contributed by atoms with E-state index in [9.17, 15) is 0 Å². The first-order valence-electron chi connectivity index (χ1n) is 4.23. The van der Waals surface area contributed by atoms with Crippen LogP contribution < -0.4 is 0 Å². The van der Waals surface area contributed by atoms with Crippen LogP contribution in [0.5, 0.6) is 0 Å². The van der Waals surface area contributed by atoms with E-state index in [2.05, 4.69) is 49.1 Å². The first-order chi connectivity index (χ1) is 5.93. The fourth-order valence-corrected chi connectivity index (χ4v) is 1.01. The molecule has 1 heteroatoms. The van der Waals surface area contributed by atoms with Crippen molar-refractivity contribution in [2.45, 2.75) is 12.8 Å².